The summed E-state index contributed by atoms with van der Waals surface area (Å²) in [7, 11) is -8.88. The van der Waals surface area contributed by atoms with E-state index in [2.05, 4.69) is 271 Å². The monoisotopic (exact) mass is 1220 g/mol. The molecule has 0 amide bonds. The molecule has 0 saturated heterocycles. The van der Waals surface area contributed by atoms with Crippen LogP contribution in [-0.4, -0.2) is 51.3 Å². The second-order valence-electron chi connectivity index (χ2n) is 28.0. The first-order valence-corrected chi connectivity index (χ1v) is 48.3. The fourth-order valence-corrected chi connectivity index (χ4v) is 32.4. The van der Waals surface area contributed by atoms with E-state index >= 15 is 0 Å². The molecule has 0 N–H and O–H groups in total. The van der Waals surface area contributed by atoms with Crippen molar-refractivity contribution < 1.29 is 0 Å². The molecular formula is C76H116N2Si6. The van der Waals surface area contributed by atoms with Crippen molar-refractivity contribution in [3.05, 3.63) is 131 Å². The highest BCUT2D eigenvalue weighted by Crippen LogP contribution is 2.53. The summed E-state index contributed by atoms with van der Waals surface area (Å²) in [5.41, 5.74) is 13.3. The molecule has 7 aromatic rings. The maximum atomic E-state index is 2.93. The van der Waals surface area contributed by atoms with Crippen molar-refractivity contribution in [2.24, 2.45) is 0 Å². The van der Waals surface area contributed by atoms with E-state index in [4.69, 9.17) is 0 Å². The second-order valence-corrected chi connectivity index (χ2v) is 53.2. The van der Waals surface area contributed by atoms with Gasteiger partial charge in [0, 0.05) is 44.3 Å². The Morgan fingerprint density at radius 2 is 0.583 bits per heavy atom. The van der Waals surface area contributed by atoms with Gasteiger partial charge in [-0.2, -0.15) is 0 Å². The molecule has 7 aromatic carbocycles. The molecule has 7 rings (SSSR count). The lowest BCUT2D eigenvalue weighted by Gasteiger charge is -2.38. The van der Waals surface area contributed by atoms with Crippen LogP contribution in [0.25, 0.3) is 21.5 Å². The van der Waals surface area contributed by atoms with Crippen molar-refractivity contribution in [2.75, 3.05) is 9.80 Å². The summed E-state index contributed by atoms with van der Waals surface area (Å²) in [6.07, 6.45) is 0. The van der Waals surface area contributed by atoms with Gasteiger partial charge in [-0.25, -0.2) is 0 Å². The first-order valence-electron chi connectivity index (χ1n) is 34.2. The maximum absolute atomic E-state index is 2.93. The third-order valence-electron chi connectivity index (χ3n) is 21.4. The Morgan fingerprint density at radius 3 is 0.845 bits per heavy atom. The van der Waals surface area contributed by atoms with E-state index in [0.717, 1.165) is 0 Å². The molecule has 0 heterocycles. The third kappa shape index (κ3) is 13.6. The first kappa shape index (κ1) is 67.5. The fourth-order valence-electron chi connectivity index (χ4n) is 15.1. The van der Waals surface area contributed by atoms with Crippen LogP contribution < -0.4 is 40.9 Å². The van der Waals surface area contributed by atoms with E-state index in [1.807, 2.05) is 0 Å². The van der Waals surface area contributed by atoms with Crippen molar-refractivity contribution in [3.8, 4) is 0 Å². The Labute approximate surface area is 523 Å². The summed E-state index contributed by atoms with van der Waals surface area (Å²) < 4.78 is 0. The Balaban J connectivity index is 1.88. The highest BCUT2D eigenvalue weighted by atomic mass is 28.3. The largest absolute Gasteiger partial charge is 0.309 e. The molecule has 0 saturated carbocycles. The predicted molar refractivity (Wildman–Crippen MR) is 402 cm³/mol. The average molecular weight is 1230 g/mol. The highest BCUT2D eigenvalue weighted by molar-refractivity contribution is 6.94. The molecule has 0 aliphatic rings. The number of benzene rings is 7. The van der Waals surface area contributed by atoms with Crippen LogP contribution in [0.5, 0.6) is 0 Å². The molecule has 0 aliphatic heterocycles. The minimum atomic E-state index is -1.91. The smallest absolute Gasteiger partial charge is 0.0860 e. The molecule has 0 aliphatic carbocycles. The molecule has 454 valence electrons. The summed E-state index contributed by atoms with van der Waals surface area (Å²) in [6.45, 7) is 54.2. The second kappa shape index (κ2) is 28.4. The van der Waals surface area contributed by atoms with Crippen molar-refractivity contribution in [1.29, 1.82) is 0 Å². The van der Waals surface area contributed by atoms with Gasteiger partial charge in [-0.15, -0.1) is 0 Å². The van der Waals surface area contributed by atoms with Gasteiger partial charge in [0.15, 0.2) is 0 Å². The van der Waals surface area contributed by atoms with E-state index in [-0.39, 0.29) is 10.8 Å². The van der Waals surface area contributed by atoms with E-state index in [9.17, 15) is 0 Å². The lowest BCUT2D eigenvalue weighted by molar-refractivity contribution is 0.590. The van der Waals surface area contributed by atoms with Crippen LogP contribution >= 0.6 is 0 Å². The fraction of sp³-hybridized carbons (Fsp3) is 0.500. The lowest BCUT2D eigenvalue weighted by Crippen LogP contribution is -2.52. The van der Waals surface area contributed by atoms with E-state index in [1.165, 1.54) is 163 Å². The van der Waals surface area contributed by atoms with E-state index in [0.29, 0.717) is 0 Å². The predicted octanol–water partition coefficient (Wildman–Crippen LogP) is 19.5. The summed E-state index contributed by atoms with van der Waals surface area (Å²) in [5.74, 6) is 0. The van der Waals surface area contributed by atoms with Gasteiger partial charge in [0.05, 0.1) is 62.7 Å². The normalized spacial score (nSPS) is 12.8. The number of aryl methyl sites for hydroxylation is 2. The summed E-state index contributed by atoms with van der Waals surface area (Å²) in [5, 5.41) is 15.4. The zero-order chi connectivity index (χ0) is 61.6. The first-order chi connectivity index (χ1) is 40.0. The molecule has 0 aromatic heterocycles. The minimum absolute atomic E-state index is 0.0778. The third-order valence-corrected chi connectivity index (χ3v) is 45.6. The van der Waals surface area contributed by atoms with Crippen molar-refractivity contribution >= 4 is 138 Å². The Bertz CT molecular complexity index is 3200. The molecule has 2 nitrogen and oxygen atoms in total. The molecule has 0 spiro atoms. The molecule has 0 atom stereocenters. The average Bonchev–Trinajstić information content (AvgIpc) is 2.55. The summed E-state index contributed by atoms with van der Waals surface area (Å²) >= 11 is 0. The number of nitrogens with zero attached hydrogens (tertiary/aromatic N) is 2. The van der Waals surface area contributed by atoms with Crippen LogP contribution in [0.2, 0.25) is 84.6 Å². The van der Waals surface area contributed by atoms with E-state index in [1.54, 1.807) is 31.1 Å². The van der Waals surface area contributed by atoms with Crippen LogP contribution in [0.3, 0.4) is 0 Å². The number of hydrogen-bond donors (Lipinski definition) is 0. The van der Waals surface area contributed by atoms with Gasteiger partial charge in [0.2, 0.25) is 0 Å². The maximum Gasteiger partial charge on any atom is 0.0860 e. The van der Waals surface area contributed by atoms with Gasteiger partial charge in [-0.1, -0.05) is 303 Å². The molecular weight excluding hydrogens is 1110 g/mol. The minimum Gasteiger partial charge on any atom is -0.309 e. The topological polar surface area (TPSA) is 6.48 Å². The van der Waals surface area contributed by atoms with Crippen LogP contribution in [0.1, 0.15) is 161 Å². The molecule has 84 heavy (non-hydrogen) atoms. The molecule has 0 bridgehead atoms. The van der Waals surface area contributed by atoms with Crippen LogP contribution in [-0.2, 0) is 10.8 Å². The molecule has 0 radical (unpaired) electrons. The zero-order valence-electron chi connectivity index (χ0n) is 57.5. The molecule has 0 unspecified atom stereocenters. The number of rotatable bonds is 26. The van der Waals surface area contributed by atoms with Crippen LogP contribution in [0.15, 0.2) is 109 Å². The number of fused-ring (bicyclic) bond motifs is 2. The van der Waals surface area contributed by atoms with Gasteiger partial charge in [-0.05, 0) is 108 Å². The Morgan fingerprint density at radius 1 is 0.310 bits per heavy atom. The lowest BCUT2D eigenvalue weighted by atomic mass is 9.82. The number of anilines is 6. The standard InChI is InChI=1S/C76H116N2Si6/c1-23-79(24-2)63-46-60(47-64(52-63)80(25-3)26-4)77(59-42-55(15)41-56(16)43-59)73-69-39-37-58(76(20,21)22)45-72(69)74(70-40-38-57(44-71(70)73)75(17,18)19)78(61-48-65(81(27-5)28-6)53-66(49-61)82(29-7)30-8)62-50-67(83(31-9,32-10)33-11)54-68(51-62)84(34-12,35-13)36-14/h37-54,79-82H,23-36H2,1-22H3. The van der Waals surface area contributed by atoms with Gasteiger partial charge in [-0.3, -0.25) is 0 Å². The van der Waals surface area contributed by atoms with Crippen molar-refractivity contribution in [1.82, 2.24) is 0 Å². The quantitative estimate of drug-likeness (QED) is 0.0303. The molecule has 8 heteroatoms. The van der Waals surface area contributed by atoms with Crippen molar-refractivity contribution in [3.63, 3.8) is 0 Å². The Kier molecular flexibility index (Phi) is 22.8. The molecule has 0 fully saturated rings. The van der Waals surface area contributed by atoms with Gasteiger partial charge >= 0.3 is 0 Å². The van der Waals surface area contributed by atoms with Gasteiger partial charge < -0.3 is 9.80 Å². The summed E-state index contributed by atoms with van der Waals surface area (Å²) in [4.78, 5) is 5.73. The SMILES string of the molecule is CC[SiH](CC)c1cc(N(c2cc(C)cc(C)c2)c2c3ccc(C(C)(C)C)cc3c(N(c3cc([SiH](CC)CC)cc([SiH](CC)CC)c3)c3cc([Si](CC)(CC)CC)cc([Si](CC)(CC)CC)c3)c3ccc(C(C)(C)C)cc23)cc([SiH](CC)CC)c1. The Hall–Kier alpha value is -4.04. The van der Waals surface area contributed by atoms with Crippen molar-refractivity contribution in [2.45, 2.75) is 248 Å². The van der Waals surface area contributed by atoms with Gasteiger partial charge in [0.1, 0.15) is 0 Å². The van der Waals surface area contributed by atoms with Crippen LogP contribution in [0.4, 0.5) is 34.1 Å². The van der Waals surface area contributed by atoms with Gasteiger partial charge in [0.25, 0.3) is 0 Å². The summed E-state index contributed by atoms with van der Waals surface area (Å²) in [6, 6.07) is 65.6. The van der Waals surface area contributed by atoms with E-state index < -0.39 is 51.3 Å². The van der Waals surface area contributed by atoms with Crippen LogP contribution in [0, 0.1) is 13.8 Å². The number of hydrogen-bond acceptors (Lipinski definition) is 2. The zero-order valence-corrected chi connectivity index (χ0v) is 64.1. The highest BCUT2D eigenvalue weighted by Gasteiger charge is 2.37.